The van der Waals surface area contributed by atoms with Crippen LogP contribution in [0.15, 0.2) is 22.7 Å². The lowest BCUT2D eigenvalue weighted by atomic mass is 10.0. The molecule has 8 heteroatoms. The largest absolute Gasteiger partial charge is 0.360 e. The van der Waals surface area contributed by atoms with E-state index < -0.39 is 5.82 Å². The maximum absolute atomic E-state index is 14.2. The molecule has 2 heterocycles. The Balaban J connectivity index is 1.61. The zero-order chi connectivity index (χ0) is 19.4. The van der Waals surface area contributed by atoms with Crippen molar-refractivity contribution in [2.75, 3.05) is 46.3 Å². The maximum Gasteiger partial charge on any atom is 0.257 e. The van der Waals surface area contributed by atoms with Gasteiger partial charge in [0.2, 0.25) is 0 Å². The molecule has 0 bridgehead atoms. The van der Waals surface area contributed by atoms with E-state index >= 15 is 0 Å². The molecule has 1 aliphatic heterocycles. The van der Waals surface area contributed by atoms with Crippen LogP contribution in [0.3, 0.4) is 0 Å². The van der Waals surface area contributed by atoms with Gasteiger partial charge in [-0.3, -0.25) is 4.79 Å². The summed E-state index contributed by atoms with van der Waals surface area (Å²) in [6.07, 6.45) is 0.843. The van der Waals surface area contributed by atoms with Gasteiger partial charge in [0.15, 0.2) is 0 Å². The third kappa shape index (κ3) is 4.66. The second kappa shape index (κ2) is 8.82. The number of nitrogens with one attached hydrogen (secondary N) is 1. The van der Waals surface area contributed by atoms with E-state index in [0.717, 1.165) is 39.1 Å². The van der Waals surface area contributed by atoms with E-state index in [1.807, 2.05) is 0 Å². The highest BCUT2D eigenvalue weighted by atomic mass is 35.5. The summed E-state index contributed by atoms with van der Waals surface area (Å²) >= 11 is 6.11. The standard InChI is InChI=1S/C19H24ClFN4O2/c1-13-16(18(23-27-13)17-14(20)5-3-6-15(17)21)19(26)22-7-4-8-25-11-9-24(2)10-12-25/h3,5-6H,4,7-12H2,1-2H3,(H,22,26). The van der Waals surface area contributed by atoms with Crippen LogP contribution in [-0.2, 0) is 0 Å². The lowest BCUT2D eigenvalue weighted by molar-refractivity contribution is 0.0948. The number of amides is 1. The van der Waals surface area contributed by atoms with Gasteiger partial charge in [0.1, 0.15) is 22.8 Å². The molecule has 0 saturated carbocycles. The van der Waals surface area contributed by atoms with Crippen LogP contribution in [0.1, 0.15) is 22.5 Å². The molecule has 1 amide bonds. The van der Waals surface area contributed by atoms with Crippen LogP contribution in [0.5, 0.6) is 0 Å². The van der Waals surface area contributed by atoms with E-state index in [2.05, 4.69) is 27.3 Å². The SMILES string of the molecule is Cc1onc(-c2c(F)cccc2Cl)c1C(=O)NCCCN1CCN(C)CC1. The fourth-order valence-electron chi connectivity index (χ4n) is 3.20. The number of halogens is 2. The summed E-state index contributed by atoms with van der Waals surface area (Å²) in [4.78, 5) is 17.3. The number of benzene rings is 1. The summed E-state index contributed by atoms with van der Waals surface area (Å²) in [5, 5.41) is 6.93. The minimum atomic E-state index is -0.542. The molecule has 146 valence electrons. The second-order valence-corrected chi connectivity index (χ2v) is 7.22. The van der Waals surface area contributed by atoms with Crippen molar-refractivity contribution in [3.8, 4) is 11.3 Å². The van der Waals surface area contributed by atoms with Gasteiger partial charge in [0.05, 0.1) is 10.6 Å². The first-order chi connectivity index (χ1) is 13.0. The van der Waals surface area contributed by atoms with E-state index in [-0.39, 0.29) is 27.8 Å². The predicted molar refractivity (Wildman–Crippen MR) is 103 cm³/mol. The Morgan fingerprint density at radius 2 is 2.07 bits per heavy atom. The fourth-order valence-corrected chi connectivity index (χ4v) is 3.45. The van der Waals surface area contributed by atoms with Crippen molar-refractivity contribution in [1.29, 1.82) is 0 Å². The Hall–Kier alpha value is -1.96. The molecule has 1 N–H and O–H groups in total. The monoisotopic (exact) mass is 394 g/mol. The number of hydrogen-bond donors (Lipinski definition) is 1. The van der Waals surface area contributed by atoms with Gasteiger partial charge in [0, 0.05) is 32.7 Å². The number of aromatic nitrogens is 1. The highest BCUT2D eigenvalue weighted by Gasteiger charge is 2.25. The zero-order valence-corrected chi connectivity index (χ0v) is 16.4. The van der Waals surface area contributed by atoms with Gasteiger partial charge >= 0.3 is 0 Å². The molecule has 0 spiro atoms. The Labute approximate surface area is 163 Å². The molecule has 6 nitrogen and oxygen atoms in total. The van der Waals surface area contributed by atoms with E-state index in [4.69, 9.17) is 16.1 Å². The summed E-state index contributed by atoms with van der Waals surface area (Å²) in [6, 6.07) is 4.34. The minimum Gasteiger partial charge on any atom is -0.360 e. The molecule has 1 saturated heterocycles. The van der Waals surface area contributed by atoms with Crippen molar-refractivity contribution in [2.45, 2.75) is 13.3 Å². The normalized spacial score (nSPS) is 15.9. The van der Waals surface area contributed by atoms with Crippen LogP contribution in [0, 0.1) is 12.7 Å². The van der Waals surface area contributed by atoms with E-state index in [1.54, 1.807) is 13.0 Å². The minimum absolute atomic E-state index is 0.0820. The lowest BCUT2D eigenvalue weighted by Crippen LogP contribution is -2.45. The van der Waals surface area contributed by atoms with Crippen LogP contribution in [0.25, 0.3) is 11.3 Å². The Morgan fingerprint density at radius 3 is 2.78 bits per heavy atom. The summed E-state index contributed by atoms with van der Waals surface area (Å²) < 4.78 is 19.4. The van der Waals surface area contributed by atoms with Gasteiger partial charge in [0.25, 0.3) is 5.91 Å². The predicted octanol–water partition coefficient (Wildman–Crippen LogP) is 2.81. The van der Waals surface area contributed by atoms with Crippen LogP contribution < -0.4 is 5.32 Å². The van der Waals surface area contributed by atoms with E-state index in [0.29, 0.717) is 12.3 Å². The fraction of sp³-hybridized carbons (Fsp3) is 0.474. The van der Waals surface area contributed by atoms with Crippen molar-refractivity contribution < 1.29 is 13.7 Å². The number of piperazine rings is 1. The third-order valence-electron chi connectivity index (χ3n) is 4.82. The average molecular weight is 395 g/mol. The second-order valence-electron chi connectivity index (χ2n) is 6.81. The highest BCUT2D eigenvalue weighted by molar-refractivity contribution is 6.33. The number of likely N-dealkylation sites (N-methyl/N-ethyl adjacent to an activating group) is 1. The summed E-state index contributed by atoms with van der Waals surface area (Å²) in [5.41, 5.74) is 0.437. The van der Waals surface area contributed by atoms with Crippen molar-refractivity contribution in [2.24, 2.45) is 0 Å². The number of hydrogen-bond acceptors (Lipinski definition) is 5. The van der Waals surface area contributed by atoms with Gasteiger partial charge in [-0.25, -0.2) is 4.39 Å². The molecule has 0 radical (unpaired) electrons. The van der Waals surface area contributed by atoms with Crippen molar-refractivity contribution in [1.82, 2.24) is 20.3 Å². The Kier molecular flexibility index (Phi) is 6.46. The van der Waals surface area contributed by atoms with Crippen molar-refractivity contribution in [3.05, 3.63) is 40.4 Å². The first kappa shape index (κ1) is 19.8. The van der Waals surface area contributed by atoms with Gasteiger partial charge in [-0.2, -0.15) is 0 Å². The molecule has 3 rings (SSSR count). The Bertz CT molecular complexity index is 783. The maximum atomic E-state index is 14.2. The molecule has 1 aliphatic rings. The topological polar surface area (TPSA) is 61.6 Å². The first-order valence-electron chi connectivity index (χ1n) is 9.07. The molecular weight excluding hydrogens is 371 g/mol. The van der Waals surface area contributed by atoms with Crippen LogP contribution in [0.4, 0.5) is 4.39 Å². The lowest BCUT2D eigenvalue weighted by Gasteiger charge is -2.32. The van der Waals surface area contributed by atoms with Crippen LogP contribution >= 0.6 is 11.6 Å². The molecular formula is C19H24ClFN4O2. The summed E-state index contributed by atoms with van der Waals surface area (Å²) in [6.45, 7) is 7.32. The van der Waals surface area contributed by atoms with Crippen LogP contribution in [0.2, 0.25) is 5.02 Å². The Morgan fingerprint density at radius 1 is 1.33 bits per heavy atom. The first-order valence-corrected chi connectivity index (χ1v) is 9.45. The van der Waals surface area contributed by atoms with E-state index in [9.17, 15) is 9.18 Å². The molecule has 27 heavy (non-hydrogen) atoms. The quantitative estimate of drug-likeness (QED) is 0.763. The number of aryl methyl sites for hydroxylation is 1. The van der Waals surface area contributed by atoms with Gasteiger partial charge in [-0.1, -0.05) is 22.8 Å². The van der Waals surface area contributed by atoms with Gasteiger partial charge in [-0.05, 0) is 39.1 Å². The van der Waals surface area contributed by atoms with Gasteiger partial charge in [-0.15, -0.1) is 0 Å². The molecule has 0 unspecified atom stereocenters. The molecule has 0 aliphatic carbocycles. The highest BCUT2D eigenvalue weighted by Crippen LogP contribution is 2.33. The van der Waals surface area contributed by atoms with E-state index in [1.165, 1.54) is 12.1 Å². The number of nitrogens with zero attached hydrogens (tertiary/aromatic N) is 3. The smallest absolute Gasteiger partial charge is 0.257 e. The molecule has 1 aromatic heterocycles. The summed E-state index contributed by atoms with van der Waals surface area (Å²) in [5.74, 6) is -0.540. The average Bonchev–Trinajstić information content (AvgIpc) is 3.01. The number of carbonyl (C=O) groups is 1. The molecule has 2 aromatic rings. The molecule has 1 fully saturated rings. The van der Waals surface area contributed by atoms with Crippen LogP contribution in [-0.4, -0.2) is 67.2 Å². The number of carbonyl (C=O) groups excluding carboxylic acids is 1. The van der Waals surface area contributed by atoms with Gasteiger partial charge < -0.3 is 19.6 Å². The van der Waals surface area contributed by atoms with Crippen molar-refractivity contribution in [3.63, 3.8) is 0 Å². The molecule has 0 atom stereocenters. The summed E-state index contributed by atoms with van der Waals surface area (Å²) in [7, 11) is 2.12. The van der Waals surface area contributed by atoms with Crippen molar-refractivity contribution >= 4 is 17.5 Å². The number of rotatable bonds is 6. The third-order valence-corrected chi connectivity index (χ3v) is 5.14. The molecule has 1 aromatic carbocycles. The zero-order valence-electron chi connectivity index (χ0n) is 15.6.